The molecule has 0 unspecified atom stereocenters. The average Bonchev–Trinajstić information content (AvgIpc) is 2.58. The molecule has 0 aliphatic rings. The minimum Gasteiger partial charge on any atom is -0.490 e. The van der Waals surface area contributed by atoms with Gasteiger partial charge in [0.1, 0.15) is 0 Å². The van der Waals surface area contributed by atoms with Gasteiger partial charge in [-0.2, -0.15) is 8.78 Å². The normalized spacial score (nSPS) is 11.0. The lowest BCUT2D eigenvalue weighted by atomic mass is 10.2. The van der Waals surface area contributed by atoms with Crippen LogP contribution in [0.25, 0.3) is 6.08 Å². The summed E-state index contributed by atoms with van der Waals surface area (Å²) in [5.41, 5.74) is 0.524. The summed E-state index contributed by atoms with van der Waals surface area (Å²) in [5, 5.41) is 2.62. The highest BCUT2D eigenvalue weighted by Gasteiger charge is 2.11. The number of halogens is 2. The van der Waals surface area contributed by atoms with Crippen molar-refractivity contribution in [1.82, 2.24) is 5.32 Å². The van der Waals surface area contributed by atoms with Gasteiger partial charge in [0.05, 0.1) is 6.61 Å². The Labute approximate surface area is 151 Å². The number of amides is 1. The van der Waals surface area contributed by atoms with Gasteiger partial charge in [-0.05, 0) is 36.6 Å². The summed E-state index contributed by atoms with van der Waals surface area (Å²) in [6.45, 7) is 3.02. The van der Waals surface area contributed by atoms with Gasteiger partial charge in [0.2, 0.25) is 0 Å². The first kappa shape index (κ1) is 21.4. The van der Waals surface area contributed by atoms with Crippen molar-refractivity contribution in [3.8, 4) is 11.5 Å². The number of ether oxygens (including phenoxy) is 3. The van der Waals surface area contributed by atoms with Crippen LogP contribution in [0.15, 0.2) is 24.3 Å². The third-order valence-electron chi connectivity index (χ3n) is 2.95. The molecule has 1 aromatic carbocycles. The van der Waals surface area contributed by atoms with E-state index < -0.39 is 12.6 Å². The third kappa shape index (κ3) is 8.46. The van der Waals surface area contributed by atoms with Gasteiger partial charge in [0, 0.05) is 12.6 Å². The van der Waals surface area contributed by atoms with E-state index in [4.69, 9.17) is 9.47 Å². The molecule has 0 radical (unpaired) electrons. The number of carbonyl (C=O) groups excluding carboxylic acids is 2. The second-order valence-corrected chi connectivity index (χ2v) is 5.66. The maximum atomic E-state index is 12.4. The van der Waals surface area contributed by atoms with Gasteiger partial charge >= 0.3 is 12.6 Å². The van der Waals surface area contributed by atoms with E-state index in [0.29, 0.717) is 18.0 Å². The standard InChI is InChI=1S/C18H23F2NO5/c1-4-24-15-9-13(5-7-14(15)26-18(19)20)6-8-17(23)25-11-16(22)21-10-12(2)3/h5-9,12,18H,4,10-11H2,1-3H3,(H,21,22)/b8-6+. The third-order valence-corrected chi connectivity index (χ3v) is 2.95. The van der Waals surface area contributed by atoms with Crippen molar-refractivity contribution in [2.24, 2.45) is 5.92 Å². The van der Waals surface area contributed by atoms with E-state index in [-0.39, 0.29) is 30.6 Å². The Bertz CT molecular complexity index is 632. The summed E-state index contributed by atoms with van der Waals surface area (Å²) in [7, 11) is 0. The van der Waals surface area contributed by atoms with Crippen molar-refractivity contribution >= 4 is 18.0 Å². The van der Waals surface area contributed by atoms with E-state index in [9.17, 15) is 18.4 Å². The van der Waals surface area contributed by atoms with Gasteiger partial charge in [-0.1, -0.05) is 19.9 Å². The first-order chi connectivity index (χ1) is 12.3. The Morgan fingerprint density at radius 3 is 2.58 bits per heavy atom. The molecule has 1 rings (SSSR count). The second-order valence-electron chi connectivity index (χ2n) is 5.66. The Morgan fingerprint density at radius 2 is 1.96 bits per heavy atom. The van der Waals surface area contributed by atoms with Crippen LogP contribution in [0.3, 0.4) is 0 Å². The smallest absolute Gasteiger partial charge is 0.387 e. The SMILES string of the molecule is CCOc1cc(/C=C/C(=O)OCC(=O)NCC(C)C)ccc1OC(F)F. The molecule has 0 saturated carbocycles. The van der Waals surface area contributed by atoms with Crippen molar-refractivity contribution < 1.29 is 32.6 Å². The maximum Gasteiger partial charge on any atom is 0.387 e. The van der Waals surface area contributed by atoms with E-state index in [1.807, 2.05) is 13.8 Å². The van der Waals surface area contributed by atoms with E-state index >= 15 is 0 Å². The predicted octanol–water partition coefficient (Wildman–Crippen LogP) is 3.02. The lowest BCUT2D eigenvalue weighted by Gasteiger charge is -2.11. The molecule has 1 N–H and O–H groups in total. The van der Waals surface area contributed by atoms with Crippen LogP contribution in [-0.4, -0.2) is 38.2 Å². The van der Waals surface area contributed by atoms with Gasteiger partial charge in [0.15, 0.2) is 18.1 Å². The minimum atomic E-state index is -2.97. The van der Waals surface area contributed by atoms with E-state index in [1.165, 1.54) is 24.3 Å². The van der Waals surface area contributed by atoms with Gasteiger partial charge < -0.3 is 19.5 Å². The molecule has 0 saturated heterocycles. The topological polar surface area (TPSA) is 73.9 Å². The zero-order valence-electron chi connectivity index (χ0n) is 15.0. The molecule has 1 aromatic rings. The highest BCUT2D eigenvalue weighted by molar-refractivity contribution is 5.89. The van der Waals surface area contributed by atoms with Crippen LogP contribution in [0.2, 0.25) is 0 Å². The van der Waals surface area contributed by atoms with Crippen LogP contribution >= 0.6 is 0 Å². The molecule has 0 heterocycles. The Balaban J connectivity index is 2.62. The fraction of sp³-hybridized carbons (Fsp3) is 0.444. The van der Waals surface area contributed by atoms with Crippen LogP contribution in [0.5, 0.6) is 11.5 Å². The van der Waals surface area contributed by atoms with Gasteiger partial charge in [-0.15, -0.1) is 0 Å². The number of benzene rings is 1. The van der Waals surface area contributed by atoms with E-state index in [0.717, 1.165) is 6.08 Å². The van der Waals surface area contributed by atoms with Crippen LogP contribution in [0, 0.1) is 5.92 Å². The molecule has 8 heteroatoms. The molecule has 0 fully saturated rings. The summed E-state index contributed by atoms with van der Waals surface area (Å²) in [6.07, 6.45) is 2.55. The number of rotatable bonds is 10. The summed E-state index contributed by atoms with van der Waals surface area (Å²) in [6, 6.07) is 4.27. The lowest BCUT2D eigenvalue weighted by molar-refractivity contribution is -0.143. The Kier molecular flexibility index (Phi) is 9.11. The number of alkyl halides is 2. The molecular weight excluding hydrogens is 348 g/mol. The first-order valence-electron chi connectivity index (χ1n) is 8.15. The number of carbonyl (C=O) groups is 2. The highest BCUT2D eigenvalue weighted by Crippen LogP contribution is 2.30. The molecule has 0 aliphatic carbocycles. The largest absolute Gasteiger partial charge is 0.490 e. The monoisotopic (exact) mass is 371 g/mol. The van der Waals surface area contributed by atoms with Crippen molar-refractivity contribution in [2.45, 2.75) is 27.4 Å². The minimum absolute atomic E-state index is 0.0941. The summed E-state index contributed by atoms with van der Waals surface area (Å²) in [4.78, 5) is 23.1. The second kappa shape index (κ2) is 11.1. The summed E-state index contributed by atoms with van der Waals surface area (Å²) < 4.78 is 39.2. The average molecular weight is 371 g/mol. The van der Waals surface area contributed by atoms with Crippen LogP contribution in [0.1, 0.15) is 26.3 Å². The molecule has 0 spiro atoms. The Morgan fingerprint density at radius 1 is 1.23 bits per heavy atom. The van der Waals surface area contributed by atoms with Crippen molar-refractivity contribution in [1.29, 1.82) is 0 Å². The Hall–Kier alpha value is -2.64. The summed E-state index contributed by atoms with van der Waals surface area (Å²) in [5.74, 6) is -0.742. The molecule has 0 bridgehead atoms. The highest BCUT2D eigenvalue weighted by atomic mass is 19.3. The summed E-state index contributed by atoms with van der Waals surface area (Å²) >= 11 is 0. The van der Waals surface area contributed by atoms with Gasteiger partial charge in [-0.3, -0.25) is 4.79 Å². The number of hydrogen-bond donors (Lipinski definition) is 1. The zero-order valence-corrected chi connectivity index (χ0v) is 15.0. The fourth-order valence-electron chi connectivity index (χ4n) is 1.81. The number of hydrogen-bond acceptors (Lipinski definition) is 5. The van der Waals surface area contributed by atoms with Gasteiger partial charge in [0.25, 0.3) is 5.91 Å². The molecule has 0 aliphatic heterocycles. The molecule has 0 atom stereocenters. The fourth-order valence-corrected chi connectivity index (χ4v) is 1.81. The molecule has 144 valence electrons. The maximum absolute atomic E-state index is 12.4. The van der Waals surface area contributed by atoms with Crippen LogP contribution < -0.4 is 14.8 Å². The van der Waals surface area contributed by atoms with Crippen molar-refractivity contribution in [2.75, 3.05) is 19.8 Å². The van der Waals surface area contributed by atoms with Crippen molar-refractivity contribution in [3.63, 3.8) is 0 Å². The zero-order chi connectivity index (χ0) is 19.5. The van der Waals surface area contributed by atoms with Crippen molar-refractivity contribution in [3.05, 3.63) is 29.8 Å². The molecule has 26 heavy (non-hydrogen) atoms. The quantitative estimate of drug-likeness (QED) is 0.506. The molecular formula is C18H23F2NO5. The van der Waals surface area contributed by atoms with Gasteiger partial charge in [-0.25, -0.2) is 4.79 Å². The first-order valence-corrected chi connectivity index (χ1v) is 8.15. The predicted molar refractivity (Wildman–Crippen MR) is 92.1 cm³/mol. The number of nitrogens with one attached hydrogen (secondary N) is 1. The number of esters is 1. The molecule has 0 aromatic heterocycles. The van der Waals surface area contributed by atoms with E-state index in [2.05, 4.69) is 10.1 Å². The van der Waals surface area contributed by atoms with Crippen LogP contribution in [0.4, 0.5) is 8.78 Å². The van der Waals surface area contributed by atoms with E-state index in [1.54, 1.807) is 6.92 Å². The molecule has 1 amide bonds. The molecule has 6 nitrogen and oxygen atoms in total. The van der Waals surface area contributed by atoms with Crippen LogP contribution in [-0.2, 0) is 14.3 Å². The lowest BCUT2D eigenvalue weighted by Crippen LogP contribution is -2.31.